The van der Waals surface area contributed by atoms with Gasteiger partial charge in [-0.3, -0.25) is 0 Å². The lowest BCUT2D eigenvalue weighted by Crippen LogP contribution is -2.06. The highest BCUT2D eigenvalue weighted by Gasteiger charge is 2.20. The van der Waals surface area contributed by atoms with E-state index in [1.54, 1.807) is 19.1 Å². The molecule has 6 heteroatoms. The number of carbonyl (C=O) groups excluding carboxylic acids is 1. The summed E-state index contributed by atoms with van der Waals surface area (Å²) in [5.74, 6) is -0.863. The zero-order chi connectivity index (χ0) is 13.3. The van der Waals surface area contributed by atoms with E-state index >= 15 is 0 Å². The Kier molecular flexibility index (Phi) is 3.01. The summed E-state index contributed by atoms with van der Waals surface area (Å²) in [6.45, 7) is 1.63. The van der Waals surface area contributed by atoms with Crippen molar-refractivity contribution < 1.29 is 13.9 Å². The lowest BCUT2D eigenvalue weighted by atomic mass is 10.2. The minimum absolute atomic E-state index is 0.0817. The van der Waals surface area contributed by atoms with Crippen molar-refractivity contribution in [3.63, 3.8) is 0 Å². The number of para-hydroxylation sites is 1. The van der Waals surface area contributed by atoms with Crippen molar-refractivity contribution in [1.82, 2.24) is 9.78 Å². The summed E-state index contributed by atoms with van der Waals surface area (Å²) < 4.78 is 19.4. The first kappa shape index (κ1) is 12.1. The predicted octanol–water partition coefficient (Wildman–Crippen LogP) is 1.69. The first-order chi connectivity index (χ1) is 8.56. The highest BCUT2D eigenvalue weighted by atomic mass is 19.1. The standard InChI is InChI=1S/C12H12FN3O2/c1-7-10(12(17)18-2)15-16(11(7)14)9-6-4-3-5-8(9)13/h3-6H,14H2,1-2H3. The van der Waals surface area contributed by atoms with Gasteiger partial charge in [-0.1, -0.05) is 12.1 Å². The normalized spacial score (nSPS) is 10.4. The van der Waals surface area contributed by atoms with E-state index in [9.17, 15) is 9.18 Å². The van der Waals surface area contributed by atoms with Gasteiger partial charge in [0.15, 0.2) is 5.69 Å². The summed E-state index contributed by atoms with van der Waals surface area (Å²) in [5, 5.41) is 3.99. The van der Waals surface area contributed by atoms with Crippen LogP contribution in [-0.4, -0.2) is 22.9 Å². The van der Waals surface area contributed by atoms with Crippen LogP contribution in [0.2, 0.25) is 0 Å². The minimum atomic E-state index is -0.603. The summed E-state index contributed by atoms with van der Waals surface area (Å²) in [5.41, 5.74) is 6.56. The van der Waals surface area contributed by atoms with Crippen LogP contribution >= 0.6 is 0 Å². The molecule has 0 aliphatic heterocycles. The molecule has 2 N–H and O–H groups in total. The van der Waals surface area contributed by atoms with Gasteiger partial charge < -0.3 is 10.5 Å². The first-order valence-electron chi connectivity index (χ1n) is 5.24. The number of nitrogen functional groups attached to an aromatic ring is 1. The maximum absolute atomic E-state index is 13.6. The Morgan fingerprint density at radius 3 is 2.72 bits per heavy atom. The summed E-state index contributed by atoms with van der Waals surface area (Å²) in [6, 6.07) is 6.04. The monoisotopic (exact) mass is 249 g/mol. The van der Waals surface area contributed by atoms with Crippen molar-refractivity contribution in [2.45, 2.75) is 6.92 Å². The third kappa shape index (κ3) is 1.81. The SMILES string of the molecule is COC(=O)c1nn(-c2ccccc2F)c(N)c1C. The van der Waals surface area contributed by atoms with E-state index in [4.69, 9.17) is 5.73 Å². The number of nitrogens with zero attached hydrogens (tertiary/aromatic N) is 2. The van der Waals surface area contributed by atoms with Crippen molar-refractivity contribution >= 4 is 11.8 Å². The summed E-state index contributed by atoms with van der Waals surface area (Å²) in [6.07, 6.45) is 0. The fourth-order valence-corrected chi connectivity index (χ4v) is 1.61. The van der Waals surface area contributed by atoms with Gasteiger partial charge in [-0.05, 0) is 19.1 Å². The number of halogens is 1. The third-order valence-electron chi connectivity index (χ3n) is 2.63. The van der Waals surface area contributed by atoms with Gasteiger partial charge in [-0.15, -0.1) is 0 Å². The molecule has 1 aromatic carbocycles. The Balaban J connectivity index is 2.60. The second-order valence-electron chi connectivity index (χ2n) is 3.71. The maximum Gasteiger partial charge on any atom is 0.358 e. The van der Waals surface area contributed by atoms with Crippen LogP contribution in [0.5, 0.6) is 0 Å². The van der Waals surface area contributed by atoms with Gasteiger partial charge >= 0.3 is 5.97 Å². The highest BCUT2D eigenvalue weighted by Crippen LogP contribution is 2.22. The molecule has 0 saturated heterocycles. The van der Waals surface area contributed by atoms with Crippen molar-refractivity contribution in [2.24, 2.45) is 0 Å². The highest BCUT2D eigenvalue weighted by molar-refractivity contribution is 5.90. The van der Waals surface area contributed by atoms with Crippen LogP contribution in [-0.2, 0) is 4.74 Å². The molecule has 94 valence electrons. The zero-order valence-electron chi connectivity index (χ0n) is 9.98. The fourth-order valence-electron chi connectivity index (χ4n) is 1.61. The Bertz CT molecular complexity index is 607. The maximum atomic E-state index is 13.6. The molecule has 0 aliphatic carbocycles. The molecule has 1 aromatic heterocycles. The number of benzene rings is 1. The molecule has 0 radical (unpaired) electrons. The Morgan fingerprint density at radius 1 is 1.44 bits per heavy atom. The van der Waals surface area contributed by atoms with Crippen LogP contribution in [0.25, 0.3) is 5.69 Å². The number of hydrogen-bond donors (Lipinski definition) is 1. The molecular weight excluding hydrogens is 237 g/mol. The molecule has 0 unspecified atom stereocenters. The van der Waals surface area contributed by atoms with Crippen molar-refractivity contribution in [2.75, 3.05) is 12.8 Å². The molecule has 5 nitrogen and oxygen atoms in total. The van der Waals surface area contributed by atoms with Crippen LogP contribution < -0.4 is 5.73 Å². The number of methoxy groups -OCH3 is 1. The summed E-state index contributed by atoms with van der Waals surface area (Å²) >= 11 is 0. The molecule has 0 atom stereocenters. The molecule has 0 fully saturated rings. The molecule has 0 spiro atoms. The number of ether oxygens (including phenoxy) is 1. The number of anilines is 1. The van der Waals surface area contributed by atoms with E-state index in [1.807, 2.05) is 0 Å². The molecular formula is C12H12FN3O2. The molecule has 2 aromatic rings. The number of hydrogen-bond acceptors (Lipinski definition) is 4. The second kappa shape index (κ2) is 4.48. The van der Waals surface area contributed by atoms with Crippen LogP contribution in [0.3, 0.4) is 0 Å². The minimum Gasteiger partial charge on any atom is -0.464 e. The number of rotatable bonds is 2. The van der Waals surface area contributed by atoms with Crippen molar-refractivity contribution in [3.8, 4) is 5.69 Å². The quantitative estimate of drug-likeness (QED) is 0.822. The summed E-state index contributed by atoms with van der Waals surface area (Å²) in [4.78, 5) is 11.5. The van der Waals surface area contributed by atoms with Crippen LogP contribution in [0.15, 0.2) is 24.3 Å². The molecule has 0 bridgehead atoms. The molecule has 0 amide bonds. The van der Waals surface area contributed by atoms with E-state index in [-0.39, 0.29) is 17.2 Å². The van der Waals surface area contributed by atoms with Crippen LogP contribution in [0, 0.1) is 12.7 Å². The second-order valence-corrected chi connectivity index (χ2v) is 3.71. The smallest absolute Gasteiger partial charge is 0.358 e. The summed E-state index contributed by atoms with van der Waals surface area (Å²) in [7, 11) is 1.25. The lowest BCUT2D eigenvalue weighted by Gasteiger charge is -2.04. The molecule has 2 rings (SSSR count). The van der Waals surface area contributed by atoms with Crippen molar-refractivity contribution in [3.05, 3.63) is 41.3 Å². The third-order valence-corrected chi connectivity index (χ3v) is 2.63. The Morgan fingerprint density at radius 2 is 2.11 bits per heavy atom. The average Bonchev–Trinajstić information content (AvgIpc) is 2.67. The largest absolute Gasteiger partial charge is 0.464 e. The van der Waals surface area contributed by atoms with Gasteiger partial charge in [0.25, 0.3) is 0 Å². The molecule has 0 saturated carbocycles. The first-order valence-corrected chi connectivity index (χ1v) is 5.24. The topological polar surface area (TPSA) is 70.1 Å². The van der Waals surface area contributed by atoms with Gasteiger partial charge in [0.2, 0.25) is 0 Å². The fraction of sp³-hybridized carbons (Fsp3) is 0.167. The number of aromatic nitrogens is 2. The zero-order valence-corrected chi connectivity index (χ0v) is 9.98. The van der Waals surface area contributed by atoms with E-state index < -0.39 is 11.8 Å². The van der Waals surface area contributed by atoms with E-state index in [2.05, 4.69) is 9.84 Å². The van der Waals surface area contributed by atoms with E-state index in [0.29, 0.717) is 5.56 Å². The van der Waals surface area contributed by atoms with Crippen LogP contribution in [0.1, 0.15) is 16.1 Å². The van der Waals surface area contributed by atoms with E-state index in [0.717, 1.165) is 0 Å². The van der Waals surface area contributed by atoms with Gasteiger partial charge in [0, 0.05) is 5.56 Å². The average molecular weight is 249 g/mol. The van der Waals surface area contributed by atoms with Gasteiger partial charge in [0.1, 0.15) is 17.3 Å². The Labute approximate surface area is 103 Å². The van der Waals surface area contributed by atoms with Crippen LogP contribution in [0.4, 0.5) is 10.2 Å². The van der Waals surface area contributed by atoms with Gasteiger partial charge in [-0.2, -0.15) is 5.10 Å². The number of nitrogens with two attached hydrogens (primary N) is 1. The molecule has 0 aliphatic rings. The van der Waals surface area contributed by atoms with Crippen molar-refractivity contribution in [1.29, 1.82) is 0 Å². The van der Waals surface area contributed by atoms with Gasteiger partial charge in [-0.25, -0.2) is 13.9 Å². The Hall–Kier alpha value is -2.37. The lowest BCUT2D eigenvalue weighted by molar-refractivity contribution is 0.0592. The number of esters is 1. The van der Waals surface area contributed by atoms with E-state index in [1.165, 1.54) is 23.9 Å². The van der Waals surface area contributed by atoms with Gasteiger partial charge in [0.05, 0.1) is 7.11 Å². The predicted molar refractivity (Wildman–Crippen MR) is 64.0 cm³/mol. The molecule has 18 heavy (non-hydrogen) atoms. The number of carbonyl (C=O) groups is 1. The molecule has 1 heterocycles.